The Morgan fingerprint density at radius 3 is 1.52 bits per heavy atom. The van der Waals surface area contributed by atoms with Crippen molar-refractivity contribution in [3.63, 3.8) is 0 Å². The third-order valence-corrected chi connectivity index (χ3v) is 9.79. The Morgan fingerprint density at radius 1 is 0.574 bits per heavy atom. The lowest BCUT2D eigenvalue weighted by atomic mass is 10.1. The van der Waals surface area contributed by atoms with Crippen molar-refractivity contribution in [1.29, 1.82) is 0 Å². The highest BCUT2D eigenvalue weighted by molar-refractivity contribution is 7.45. The number of ether oxygens (including phenoxy) is 2. The van der Waals surface area contributed by atoms with Gasteiger partial charge in [-0.25, -0.2) is 0 Å². The number of carbonyl (C=O) groups excluding carboxylic acids is 2. The molecule has 0 saturated heterocycles. The first-order valence-electron chi connectivity index (χ1n) is 21.3. The van der Waals surface area contributed by atoms with E-state index < -0.39 is 32.5 Å². The zero-order chi connectivity index (χ0) is 40.0. The van der Waals surface area contributed by atoms with E-state index in [9.17, 15) is 19.0 Å². The number of phosphoric ester groups is 1. The lowest BCUT2D eigenvalue weighted by Gasteiger charge is -2.28. The molecule has 0 heterocycles. The molecular weight excluding hydrogens is 701 g/mol. The number of hydrogen-bond acceptors (Lipinski definition) is 8. The molecule has 0 amide bonds. The molecule has 0 aliphatic rings. The molecule has 54 heavy (non-hydrogen) atoms. The summed E-state index contributed by atoms with van der Waals surface area (Å²) in [5.41, 5.74) is 0. The van der Waals surface area contributed by atoms with Crippen molar-refractivity contribution in [3.8, 4) is 0 Å². The van der Waals surface area contributed by atoms with Gasteiger partial charge in [-0.2, -0.15) is 0 Å². The molecule has 0 aromatic heterocycles. The van der Waals surface area contributed by atoms with Crippen LogP contribution in [0.5, 0.6) is 0 Å². The van der Waals surface area contributed by atoms with Gasteiger partial charge < -0.3 is 27.9 Å². The Balaban J connectivity index is 4.44. The van der Waals surface area contributed by atoms with Crippen LogP contribution >= 0.6 is 7.82 Å². The van der Waals surface area contributed by atoms with E-state index in [-0.39, 0.29) is 26.1 Å². The minimum atomic E-state index is -4.63. The fraction of sp³-hybridized carbons (Fsp3) is 0.773. The van der Waals surface area contributed by atoms with E-state index in [1.165, 1.54) is 44.9 Å². The molecule has 0 bridgehead atoms. The van der Waals surface area contributed by atoms with Gasteiger partial charge in [0.05, 0.1) is 27.7 Å². The smallest absolute Gasteiger partial charge is 0.306 e. The SMILES string of the molecule is CCCC/C=C\C/C=C\CCCCCCCC(=O)OCC(COP(=O)([O-])OCC[N+](C)(C)C)OC(=O)CCCCCCC/C=C\C/C=C\CCCCCC. The van der Waals surface area contributed by atoms with E-state index in [0.717, 1.165) is 83.5 Å². The summed E-state index contributed by atoms with van der Waals surface area (Å²) in [4.78, 5) is 37.5. The summed E-state index contributed by atoms with van der Waals surface area (Å²) in [7, 11) is 1.14. The van der Waals surface area contributed by atoms with E-state index in [1.54, 1.807) is 0 Å². The number of allylic oxidation sites excluding steroid dienone is 8. The van der Waals surface area contributed by atoms with Gasteiger partial charge >= 0.3 is 11.9 Å². The first-order valence-corrected chi connectivity index (χ1v) is 22.8. The third kappa shape index (κ3) is 39.7. The minimum Gasteiger partial charge on any atom is -0.756 e. The molecule has 0 aromatic rings. The van der Waals surface area contributed by atoms with Crippen LogP contribution in [0, 0.1) is 0 Å². The molecule has 9 nitrogen and oxygen atoms in total. The summed E-state index contributed by atoms with van der Waals surface area (Å²) >= 11 is 0. The molecule has 2 atom stereocenters. The standard InChI is InChI=1S/C44H80NO8P/c1-6-8-10-12-14-16-18-20-22-23-25-27-29-31-33-35-37-44(47)53-42(41-52-54(48,49)51-39-38-45(3,4)5)40-50-43(46)36-34-32-30-28-26-24-21-19-17-15-13-11-9-7-2/h13,15-16,18-19,21-23,42H,6-12,14,17,20,24-41H2,1-5H3/b15-13-,18-16-,21-19-,23-22-. The number of quaternary nitrogens is 1. The normalized spacial score (nSPS) is 14.1. The molecule has 2 unspecified atom stereocenters. The first kappa shape index (κ1) is 52.0. The van der Waals surface area contributed by atoms with Crippen LogP contribution in [0.3, 0.4) is 0 Å². The number of likely N-dealkylation sites (N-methyl/N-ethyl adjacent to an activating group) is 1. The first-order chi connectivity index (χ1) is 26.0. The summed E-state index contributed by atoms with van der Waals surface area (Å²) in [6.07, 6.45) is 41.3. The van der Waals surface area contributed by atoms with Gasteiger partial charge in [0.15, 0.2) is 6.10 Å². The Hall–Kier alpha value is -2.03. The zero-order valence-electron chi connectivity index (χ0n) is 35.2. The van der Waals surface area contributed by atoms with Crippen LogP contribution in [0.25, 0.3) is 0 Å². The number of carbonyl (C=O) groups is 2. The molecule has 0 N–H and O–H groups in total. The second-order valence-corrected chi connectivity index (χ2v) is 16.8. The van der Waals surface area contributed by atoms with Crippen molar-refractivity contribution in [2.24, 2.45) is 0 Å². The number of unbranched alkanes of at least 4 members (excludes halogenated alkanes) is 16. The maximum Gasteiger partial charge on any atom is 0.306 e. The van der Waals surface area contributed by atoms with Crippen molar-refractivity contribution in [2.75, 3.05) is 47.5 Å². The molecule has 0 spiro atoms. The monoisotopic (exact) mass is 782 g/mol. The molecule has 0 fully saturated rings. The van der Waals surface area contributed by atoms with Gasteiger partial charge in [-0.05, 0) is 70.6 Å². The van der Waals surface area contributed by atoms with Gasteiger partial charge in [-0.3, -0.25) is 14.2 Å². The van der Waals surface area contributed by atoms with E-state index in [2.05, 4.69) is 62.5 Å². The Morgan fingerprint density at radius 2 is 1.02 bits per heavy atom. The molecule has 0 aromatic carbocycles. The Bertz CT molecular complexity index is 1070. The third-order valence-electron chi connectivity index (χ3n) is 8.82. The number of esters is 2. The average Bonchev–Trinajstić information content (AvgIpc) is 3.12. The van der Waals surface area contributed by atoms with Crippen LogP contribution in [-0.2, 0) is 32.7 Å². The van der Waals surface area contributed by atoms with Crippen LogP contribution in [0.4, 0.5) is 0 Å². The number of phosphoric acid groups is 1. The predicted molar refractivity (Wildman–Crippen MR) is 222 cm³/mol. The van der Waals surface area contributed by atoms with Crippen molar-refractivity contribution >= 4 is 19.8 Å². The number of rotatable bonds is 38. The van der Waals surface area contributed by atoms with Gasteiger partial charge in [0.25, 0.3) is 7.82 Å². The lowest BCUT2D eigenvalue weighted by Crippen LogP contribution is -2.37. The molecule has 0 saturated carbocycles. The van der Waals surface area contributed by atoms with E-state index >= 15 is 0 Å². The molecule has 0 radical (unpaired) electrons. The largest absolute Gasteiger partial charge is 0.756 e. The van der Waals surface area contributed by atoms with E-state index in [0.29, 0.717) is 23.9 Å². The fourth-order valence-corrected chi connectivity index (χ4v) is 6.13. The minimum absolute atomic E-state index is 0.0376. The maximum absolute atomic E-state index is 12.7. The van der Waals surface area contributed by atoms with Crippen molar-refractivity contribution in [3.05, 3.63) is 48.6 Å². The van der Waals surface area contributed by atoms with Gasteiger partial charge in [0.2, 0.25) is 0 Å². The van der Waals surface area contributed by atoms with Crippen LogP contribution in [-0.4, -0.2) is 70.0 Å². The fourth-order valence-electron chi connectivity index (χ4n) is 5.41. The highest BCUT2D eigenvalue weighted by Crippen LogP contribution is 2.38. The Kier molecular flexibility index (Phi) is 35.2. The summed E-state index contributed by atoms with van der Waals surface area (Å²) < 4.78 is 33.8. The highest BCUT2D eigenvalue weighted by atomic mass is 31.2. The number of nitrogens with zero attached hydrogens (tertiary/aromatic N) is 1. The predicted octanol–water partition coefficient (Wildman–Crippen LogP) is 11.3. The van der Waals surface area contributed by atoms with Gasteiger partial charge in [-0.15, -0.1) is 0 Å². The summed E-state index contributed by atoms with van der Waals surface area (Å²) in [6.45, 7) is 4.12. The molecule has 0 rings (SSSR count). The molecule has 10 heteroatoms. The van der Waals surface area contributed by atoms with E-state index in [1.807, 2.05) is 21.1 Å². The Labute approximate surface area is 331 Å². The summed E-state index contributed by atoms with van der Waals surface area (Å²) in [6, 6.07) is 0. The molecule has 0 aliphatic carbocycles. The quantitative estimate of drug-likeness (QED) is 0.0200. The molecule has 314 valence electrons. The van der Waals surface area contributed by atoms with Crippen molar-refractivity contribution in [1.82, 2.24) is 0 Å². The van der Waals surface area contributed by atoms with Crippen molar-refractivity contribution in [2.45, 2.75) is 174 Å². The van der Waals surface area contributed by atoms with Crippen LogP contribution in [0.1, 0.15) is 168 Å². The average molecular weight is 782 g/mol. The molecular formula is C44H80NO8P. The summed E-state index contributed by atoms with van der Waals surface area (Å²) in [5, 5.41) is 0. The zero-order valence-corrected chi connectivity index (χ0v) is 36.0. The second-order valence-electron chi connectivity index (χ2n) is 15.3. The van der Waals surface area contributed by atoms with Gasteiger partial charge in [0.1, 0.15) is 19.8 Å². The van der Waals surface area contributed by atoms with Gasteiger partial charge in [-0.1, -0.05) is 133 Å². The van der Waals surface area contributed by atoms with E-state index in [4.69, 9.17) is 18.5 Å². The number of hydrogen-bond donors (Lipinski definition) is 0. The van der Waals surface area contributed by atoms with Crippen LogP contribution < -0.4 is 4.89 Å². The lowest BCUT2D eigenvalue weighted by molar-refractivity contribution is -0.870. The topological polar surface area (TPSA) is 111 Å². The van der Waals surface area contributed by atoms with Crippen molar-refractivity contribution < 1.29 is 42.1 Å². The second kappa shape index (κ2) is 36.6. The molecule has 0 aliphatic heterocycles. The highest BCUT2D eigenvalue weighted by Gasteiger charge is 2.21. The van der Waals surface area contributed by atoms with Gasteiger partial charge in [0, 0.05) is 12.8 Å². The summed E-state index contributed by atoms with van der Waals surface area (Å²) in [5.74, 6) is -0.870. The maximum atomic E-state index is 12.7. The van der Waals surface area contributed by atoms with Crippen LogP contribution in [0.2, 0.25) is 0 Å². The van der Waals surface area contributed by atoms with Crippen LogP contribution in [0.15, 0.2) is 48.6 Å².